The minimum absolute atomic E-state index is 0.0523. The van der Waals surface area contributed by atoms with Crippen LogP contribution in [0, 0.1) is 24.2 Å². The van der Waals surface area contributed by atoms with Gasteiger partial charge in [0.05, 0.1) is 17.6 Å². The topological polar surface area (TPSA) is 64.3 Å². The molecule has 1 aromatic carbocycles. The Kier molecular flexibility index (Phi) is 4.73. The van der Waals surface area contributed by atoms with E-state index in [-0.39, 0.29) is 5.92 Å². The van der Waals surface area contributed by atoms with E-state index in [9.17, 15) is 4.79 Å². The molecule has 0 amide bonds. The maximum Gasteiger partial charge on any atom is 0.335 e. The number of carboxylic acid groups (broad SMARTS) is 1. The molecule has 4 heteroatoms. The first-order valence-electron chi connectivity index (χ1n) is 5.98. The van der Waals surface area contributed by atoms with E-state index >= 15 is 0 Å². The highest BCUT2D eigenvalue weighted by Crippen LogP contribution is 2.22. The fourth-order valence-corrected chi connectivity index (χ4v) is 1.91. The molecule has 96 valence electrons. The summed E-state index contributed by atoms with van der Waals surface area (Å²) in [5.41, 5.74) is 2.20. The first kappa shape index (κ1) is 14.0. The highest BCUT2D eigenvalue weighted by atomic mass is 16.4. The van der Waals surface area contributed by atoms with Gasteiger partial charge < -0.3 is 10.0 Å². The Morgan fingerprint density at radius 3 is 2.67 bits per heavy atom. The summed E-state index contributed by atoms with van der Waals surface area (Å²) in [6, 6.07) is 7.29. The third kappa shape index (κ3) is 3.24. The van der Waals surface area contributed by atoms with Crippen LogP contribution in [0.3, 0.4) is 0 Å². The van der Waals surface area contributed by atoms with Gasteiger partial charge in [0.2, 0.25) is 0 Å². The lowest BCUT2D eigenvalue weighted by atomic mass is 10.1. The quantitative estimate of drug-likeness (QED) is 0.867. The summed E-state index contributed by atoms with van der Waals surface area (Å²) in [5.74, 6) is -0.971. The lowest BCUT2D eigenvalue weighted by Crippen LogP contribution is -2.28. The van der Waals surface area contributed by atoms with Crippen LogP contribution in [0.5, 0.6) is 0 Å². The van der Waals surface area contributed by atoms with E-state index in [1.807, 2.05) is 26.8 Å². The third-order valence-electron chi connectivity index (χ3n) is 2.88. The molecule has 0 radical (unpaired) electrons. The highest BCUT2D eigenvalue weighted by Gasteiger charge is 2.13. The zero-order valence-electron chi connectivity index (χ0n) is 11.0. The minimum atomic E-state index is -0.918. The molecule has 1 N–H and O–H groups in total. The number of rotatable bonds is 5. The molecule has 1 atom stereocenters. The number of hydrogen-bond acceptors (Lipinski definition) is 3. The summed E-state index contributed by atoms with van der Waals surface area (Å²) < 4.78 is 0. The van der Waals surface area contributed by atoms with E-state index in [1.54, 1.807) is 12.1 Å². The Balaban J connectivity index is 3.00. The minimum Gasteiger partial charge on any atom is -0.478 e. The molecule has 4 nitrogen and oxygen atoms in total. The monoisotopic (exact) mass is 246 g/mol. The third-order valence-corrected chi connectivity index (χ3v) is 2.88. The Morgan fingerprint density at radius 1 is 1.56 bits per heavy atom. The summed E-state index contributed by atoms with van der Waals surface area (Å²) in [7, 11) is 0. The molecule has 0 spiro atoms. The van der Waals surface area contributed by atoms with Crippen LogP contribution >= 0.6 is 0 Å². The van der Waals surface area contributed by atoms with E-state index < -0.39 is 5.97 Å². The second-order valence-corrected chi connectivity index (χ2v) is 4.38. The van der Waals surface area contributed by atoms with Crippen molar-refractivity contribution in [1.82, 2.24) is 0 Å². The van der Waals surface area contributed by atoms with Gasteiger partial charge in [-0.2, -0.15) is 5.26 Å². The van der Waals surface area contributed by atoms with Crippen molar-refractivity contribution >= 4 is 11.7 Å². The number of hydrogen-bond donors (Lipinski definition) is 1. The van der Waals surface area contributed by atoms with Crippen molar-refractivity contribution in [3.05, 3.63) is 29.3 Å². The molecule has 0 aliphatic heterocycles. The molecular formula is C14H18N2O2. The van der Waals surface area contributed by atoms with Crippen molar-refractivity contribution in [3.8, 4) is 6.07 Å². The van der Waals surface area contributed by atoms with Gasteiger partial charge in [0, 0.05) is 18.8 Å². The SMILES string of the molecule is CCN(CC(C)C#N)c1ccc(C(=O)O)cc1C. The predicted molar refractivity (Wildman–Crippen MR) is 70.8 cm³/mol. The summed E-state index contributed by atoms with van der Waals surface area (Å²) in [4.78, 5) is 13.0. The average molecular weight is 246 g/mol. The Hall–Kier alpha value is -2.02. The van der Waals surface area contributed by atoms with E-state index in [2.05, 4.69) is 11.0 Å². The lowest BCUT2D eigenvalue weighted by molar-refractivity contribution is 0.0697. The molecule has 0 fully saturated rings. The van der Waals surface area contributed by atoms with Crippen LogP contribution in [0.1, 0.15) is 29.8 Å². The number of benzene rings is 1. The van der Waals surface area contributed by atoms with Crippen molar-refractivity contribution < 1.29 is 9.90 Å². The smallest absolute Gasteiger partial charge is 0.335 e. The van der Waals surface area contributed by atoms with Crippen molar-refractivity contribution in [2.75, 3.05) is 18.0 Å². The molecular weight excluding hydrogens is 228 g/mol. The van der Waals surface area contributed by atoms with Gasteiger partial charge in [0.15, 0.2) is 0 Å². The maximum absolute atomic E-state index is 10.9. The normalized spacial score (nSPS) is 11.7. The number of anilines is 1. The van der Waals surface area contributed by atoms with Gasteiger partial charge in [-0.3, -0.25) is 0 Å². The van der Waals surface area contributed by atoms with Gasteiger partial charge in [-0.15, -0.1) is 0 Å². The van der Waals surface area contributed by atoms with Gasteiger partial charge >= 0.3 is 5.97 Å². The van der Waals surface area contributed by atoms with Gasteiger partial charge in [-0.1, -0.05) is 0 Å². The molecule has 0 saturated carbocycles. The Bertz CT molecular complexity index is 477. The summed E-state index contributed by atoms with van der Waals surface area (Å²) in [6.45, 7) is 7.24. The summed E-state index contributed by atoms with van der Waals surface area (Å²) >= 11 is 0. The Morgan fingerprint density at radius 2 is 2.22 bits per heavy atom. The molecule has 0 heterocycles. The molecule has 18 heavy (non-hydrogen) atoms. The van der Waals surface area contributed by atoms with Crippen molar-refractivity contribution in [2.24, 2.45) is 5.92 Å². The van der Waals surface area contributed by atoms with Crippen LogP contribution in [0.4, 0.5) is 5.69 Å². The van der Waals surface area contributed by atoms with Crippen LogP contribution in [-0.4, -0.2) is 24.2 Å². The zero-order valence-corrected chi connectivity index (χ0v) is 11.0. The first-order chi connectivity index (χ1) is 8.49. The second-order valence-electron chi connectivity index (χ2n) is 4.38. The van der Waals surface area contributed by atoms with Crippen LogP contribution in [-0.2, 0) is 0 Å². The van der Waals surface area contributed by atoms with Crippen LogP contribution < -0.4 is 4.90 Å². The van der Waals surface area contributed by atoms with E-state index in [1.165, 1.54) is 0 Å². The fourth-order valence-electron chi connectivity index (χ4n) is 1.91. The van der Waals surface area contributed by atoms with Gasteiger partial charge in [-0.05, 0) is 44.5 Å². The summed E-state index contributed by atoms with van der Waals surface area (Å²) in [5, 5.41) is 17.8. The van der Waals surface area contributed by atoms with Crippen molar-refractivity contribution in [1.29, 1.82) is 5.26 Å². The predicted octanol–water partition coefficient (Wildman–Crippen LogP) is 2.68. The van der Waals surface area contributed by atoms with Crippen molar-refractivity contribution in [2.45, 2.75) is 20.8 Å². The standard InChI is InChI=1S/C14H18N2O2/c1-4-16(9-10(2)8-15)13-6-5-12(14(17)18)7-11(13)3/h5-7,10H,4,9H2,1-3H3,(H,17,18). The average Bonchev–Trinajstić information content (AvgIpc) is 2.35. The highest BCUT2D eigenvalue weighted by molar-refractivity contribution is 5.88. The second kappa shape index (κ2) is 6.06. The molecule has 0 aromatic heterocycles. The zero-order chi connectivity index (χ0) is 13.7. The number of carbonyl (C=O) groups is 1. The van der Waals surface area contributed by atoms with Gasteiger partial charge in [0.25, 0.3) is 0 Å². The van der Waals surface area contributed by atoms with Crippen LogP contribution in [0.15, 0.2) is 18.2 Å². The van der Waals surface area contributed by atoms with E-state index in [0.29, 0.717) is 12.1 Å². The molecule has 1 aromatic rings. The van der Waals surface area contributed by atoms with Gasteiger partial charge in [0.1, 0.15) is 0 Å². The maximum atomic E-state index is 10.9. The number of aromatic carboxylic acids is 1. The number of aryl methyl sites for hydroxylation is 1. The first-order valence-corrected chi connectivity index (χ1v) is 5.98. The van der Waals surface area contributed by atoms with Crippen molar-refractivity contribution in [3.63, 3.8) is 0 Å². The Labute approximate surface area is 107 Å². The largest absolute Gasteiger partial charge is 0.478 e. The summed E-state index contributed by atoms with van der Waals surface area (Å²) in [6.07, 6.45) is 0. The van der Waals surface area contributed by atoms with Gasteiger partial charge in [-0.25, -0.2) is 4.79 Å². The number of nitriles is 1. The number of nitrogens with zero attached hydrogens (tertiary/aromatic N) is 2. The molecule has 1 unspecified atom stereocenters. The molecule has 0 saturated heterocycles. The number of carboxylic acids is 1. The van der Waals surface area contributed by atoms with E-state index in [0.717, 1.165) is 17.8 Å². The van der Waals surface area contributed by atoms with Crippen LogP contribution in [0.2, 0.25) is 0 Å². The van der Waals surface area contributed by atoms with Crippen LogP contribution in [0.25, 0.3) is 0 Å². The molecule has 1 rings (SSSR count). The molecule has 0 aliphatic rings. The fraction of sp³-hybridized carbons (Fsp3) is 0.429. The van der Waals surface area contributed by atoms with E-state index in [4.69, 9.17) is 10.4 Å². The molecule has 0 aliphatic carbocycles. The lowest BCUT2D eigenvalue weighted by Gasteiger charge is -2.26. The molecule has 0 bridgehead atoms.